The number of carbonyl (C=O) groups is 1. The lowest BCUT2D eigenvalue weighted by Gasteiger charge is -2.38. The second-order valence-corrected chi connectivity index (χ2v) is 14.3. The summed E-state index contributed by atoms with van der Waals surface area (Å²) in [5.74, 6) is 2.85. The predicted octanol–water partition coefficient (Wildman–Crippen LogP) is 9.96. The quantitative estimate of drug-likeness (QED) is 0.0371. The van der Waals surface area contributed by atoms with Gasteiger partial charge in [0.15, 0.2) is 0 Å². The number of aryl methyl sites for hydroxylation is 1. The molecule has 2 saturated carbocycles. The summed E-state index contributed by atoms with van der Waals surface area (Å²) < 4.78 is 59.7. The minimum absolute atomic E-state index is 0.0781. The van der Waals surface area contributed by atoms with Crippen molar-refractivity contribution in [2.45, 2.75) is 102 Å². The third kappa shape index (κ3) is 12.4. The van der Waals surface area contributed by atoms with Crippen LogP contribution in [0.4, 0.5) is 13.2 Å². The molecule has 52 heavy (non-hydrogen) atoms. The van der Waals surface area contributed by atoms with Crippen molar-refractivity contribution >= 4 is 5.97 Å². The minimum Gasteiger partial charge on any atom is -0.458 e. The molecule has 0 spiro atoms. The summed E-state index contributed by atoms with van der Waals surface area (Å²) in [4.78, 5) is 12.0. The lowest BCUT2D eigenvalue weighted by atomic mass is 9.68. The van der Waals surface area contributed by atoms with Crippen molar-refractivity contribution in [1.29, 1.82) is 0 Å². The normalized spacial score (nSPS) is 20.5. The molecule has 0 atom stereocenters. The van der Waals surface area contributed by atoms with Crippen molar-refractivity contribution < 1.29 is 47.1 Å². The van der Waals surface area contributed by atoms with Gasteiger partial charge < -0.3 is 29.2 Å². The van der Waals surface area contributed by atoms with Crippen molar-refractivity contribution in [3.63, 3.8) is 0 Å². The fraction of sp³-hybridized carbons (Fsp3) is 0.548. The van der Waals surface area contributed by atoms with E-state index in [4.69, 9.17) is 24.1 Å². The summed E-state index contributed by atoms with van der Waals surface area (Å²) >= 11 is 0. The third-order valence-corrected chi connectivity index (χ3v) is 10.8. The topological polar surface area (TPSA) is 94.5 Å². The Kier molecular flexibility index (Phi) is 15.7. The van der Waals surface area contributed by atoms with Crippen LogP contribution >= 0.6 is 0 Å². The predicted molar refractivity (Wildman–Crippen MR) is 196 cm³/mol. The number of aliphatic hydroxyl groups is 2. The summed E-state index contributed by atoms with van der Waals surface area (Å²) in [6.07, 6.45) is 7.45. The highest BCUT2D eigenvalue weighted by atomic mass is 19.4. The Bertz CT molecular complexity index is 1450. The number of hydrogen-bond donors (Lipinski definition) is 2. The van der Waals surface area contributed by atoms with Gasteiger partial charge in [0, 0.05) is 18.1 Å². The van der Waals surface area contributed by atoms with Crippen LogP contribution in [-0.2, 0) is 20.7 Å². The number of carbonyl (C=O) groups excluding carboxylic acids is 1. The summed E-state index contributed by atoms with van der Waals surface area (Å²) in [7, 11) is 0. The van der Waals surface area contributed by atoms with Gasteiger partial charge in [0.2, 0.25) is 13.6 Å². The average molecular weight is 729 g/mol. The molecule has 2 aliphatic carbocycles. The number of halogens is 3. The number of unbranched alkanes of at least 4 members (excludes halogenated alkanes) is 1. The number of hydrogen-bond acceptors (Lipinski definition) is 7. The Morgan fingerprint density at radius 3 is 1.96 bits per heavy atom. The molecule has 0 heterocycles. The van der Waals surface area contributed by atoms with E-state index in [1.807, 2.05) is 12.1 Å². The molecule has 2 aliphatic rings. The molecule has 2 aromatic carbocycles. The first kappa shape index (κ1) is 41.0. The molecular weight excluding hydrogens is 673 g/mol. The maximum absolute atomic E-state index is 12.5. The van der Waals surface area contributed by atoms with E-state index >= 15 is 0 Å². The van der Waals surface area contributed by atoms with E-state index in [2.05, 4.69) is 44.9 Å². The van der Waals surface area contributed by atoms with Crippen LogP contribution in [0.15, 0.2) is 73.0 Å². The van der Waals surface area contributed by atoms with Crippen LogP contribution in [0, 0.1) is 17.8 Å². The van der Waals surface area contributed by atoms with Crippen LogP contribution in [0.2, 0.25) is 0 Å². The zero-order valence-electron chi connectivity index (χ0n) is 30.5. The first-order chi connectivity index (χ1) is 24.9. The Hall–Kier alpha value is -3.76. The molecule has 2 fully saturated rings. The molecule has 10 heteroatoms. The monoisotopic (exact) mass is 728 g/mol. The van der Waals surface area contributed by atoms with Gasteiger partial charge in [0.05, 0.1) is 18.8 Å². The van der Waals surface area contributed by atoms with E-state index in [0.717, 1.165) is 61.5 Å². The molecule has 0 saturated heterocycles. The Labute approximate surface area is 306 Å². The number of rotatable bonds is 19. The zero-order valence-corrected chi connectivity index (χ0v) is 30.5. The van der Waals surface area contributed by atoms with Crippen LogP contribution in [-0.4, -0.2) is 49.2 Å². The van der Waals surface area contributed by atoms with Crippen LogP contribution in [0.5, 0.6) is 11.5 Å². The molecule has 7 nitrogen and oxygen atoms in total. The highest BCUT2D eigenvalue weighted by Gasteiger charge is 2.32. The first-order valence-corrected chi connectivity index (χ1v) is 18.6. The Morgan fingerprint density at radius 1 is 0.788 bits per heavy atom. The van der Waals surface area contributed by atoms with Gasteiger partial charge in [-0.05, 0) is 109 Å². The summed E-state index contributed by atoms with van der Waals surface area (Å²) in [5.41, 5.74) is 4.67. The number of aliphatic hydroxyl groups excluding tert-OH is 2. The highest BCUT2D eigenvalue weighted by Crippen LogP contribution is 2.45. The average Bonchev–Trinajstić information content (AvgIpc) is 3.15. The largest absolute Gasteiger partial charge is 0.458 e. The maximum atomic E-state index is 12.5. The van der Waals surface area contributed by atoms with Gasteiger partial charge in [-0.25, -0.2) is 4.79 Å². The van der Waals surface area contributed by atoms with Gasteiger partial charge in [-0.2, -0.15) is 13.2 Å². The van der Waals surface area contributed by atoms with E-state index < -0.39 is 25.2 Å². The lowest BCUT2D eigenvalue weighted by Crippen LogP contribution is -2.25. The van der Waals surface area contributed by atoms with E-state index in [1.54, 1.807) is 6.07 Å². The minimum atomic E-state index is -4.04. The molecule has 0 bridgehead atoms. The molecule has 0 unspecified atom stereocenters. The zero-order chi connectivity index (χ0) is 37.7. The van der Waals surface area contributed by atoms with Gasteiger partial charge in [-0.1, -0.05) is 70.5 Å². The van der Waals surface area contributed by atoms with Crippen LogP contribution < -0.4 is 9.47 Å². The van der Waals surface area contributed by atoms with Crippen molar-refractivity contribution in [3.8, 4) is 22.6 Å². The Balaban J connectivity index is 1.38. The Morgan fingerprint density at radius 2 is 1.38 bits per heavy atom. The number of esters is 1. The number of ether oxygens (including phenoxy) is 4. The summed E-state index contributed by atoms with van der Waals surface area (Å²) in [6, 6.07) is 12.1. The highest BCUT2D eigenvalue weighted by molar-refractivity contribution is 5.87. The van der Waals surface area contributed by atoms with Gasteiger partial charge in [0.25, 0.3) is 0 Å². The van der Waals surface area contributed by atoms with Crippen molar-refractivity contribution in [2.24, 2.45) is 17.8 Å². The molecule has 2 N–H and O–H groups in total. The van der Waals surface area contributed by atoms with Gasteiger partial charge in [0.1, 0.15) is 17.3 Å². The second-order valence-electron chi connectivity index (χ2n) is 14.3. The fourth-order valence-electron chi connectivity index (χ4n) is 7.64. The molecule has 4 rings (SSSR count). The van der Waals surface area contributed by atoms with Crippen molar-refractivity contribution in [3.05, 3.63) is 84.2 Å². The molecule has 2 aromatic rings. The van der Waals surface area contributed by atoms with Crippen molar-refractivity contribution in [1.82, 2.24) is 0 Å². The van der Waals surface area contributed by atoms with Gasteiger partial charge in [-0.3, -0.25) is 0 Å². The maximum Gasteiger partial charge on any atom is 0.389 e. The van der Waals surface area contributed by atoms with Gasteiger partial charge in [-0.15, -0.1) is 0 Å². The molecule has 0 aromatic heterocycles. The van der Waals surface area contributed by atoms with Gasteiger partial charge >= 0.3 is 12.1 Å². The molecule has 286 valence electrons. The van der Waals surface area contributed by atoms with Crippen LogP contribution in [0.1, 0.15) is 101 Å². The van der Waals surface area contributed by atoms with Crippen LogP contribution in [0.3, 0.4) is 0 Å². The molecule has 0 aliphatic heterocycles. The first-order valence-electron chi connectivity index (χ1n) is 18.6. The van der Waals surface area contributed by atoms with E-state index in [9.17, 15) is 23.1 Å². The SMILES string of the molecule is C=C(CO)C(=C)OCOc1cc(OCOC(=O)C(=C)CO)cc(-c2ccc(C3CCC(C4CCC(CCCCC(F)(F)F)CC4)CC3)cc2CC)c1. The van der Waals surface area contributed by atoms with Crippen LogP contribution in [0.25, 0.3) is 11.1 Å². The van der Waals surface area contributed by atoms with E-state index in [-0.39, 0.29) is 37.9 Å². The van der Waals surface area contributed by atoms with E-state index in [0.29, 0.717) is 35.3 Å². The number of benzene rings is 2. The fourth-order valence-corrected chi connectivity index (χ4v) is 7.64. The molecular formula is C42H55F3O7. The third-order valence-electron chi connectivity index (χ3n) is 10.8. The summed E-state index contributed by atoms with van der Waals surface area (Å²) in [6.45, 7) is 11.7. The second kappa shape index (κ2) is 19.9. The molecule has 0 radical (unpaired) electrons. The lowest BCUT2D eigenvalue weighted by molar-refractivity contribution is -0.145. The number of alkyl halides is 3. The molecule has 0 amide bonds. The standard InChI is InChI=1S/C42H55F3O7/c1-5-32-20-36(35-15-13-34(14-16-35)33-11-9-31(10-12-33)8-6-7-19-42(43,44)45)17-18-40(32)37-21-38(50-26-49-30(4)28(2)24-46)23-39(22-37)51-27-52-41(48)29(3)25-47/h17-18,20-23,31,33-35,46-47H,2-16,19,24-27H2,1H3. The summed E-state index contributed by atoms with van der Waals surface area (Å²) in [5, 5.41) is 18.4. The smallest absolute Gasteiger partial charge is 0.389 e. The van der Waals surface area contributed by atoms with E-state index in [1.165, 1.54) is 36.8 Å². The van der Waals surface area contributed by atoms with Crippen molar-refractivity contribution in [2.75, 3.05) is 26.8 Å².